The van der Waals surface area contributed by atoms with Crippen molar-refractivity contribution >= 4 is 11.9 Å². The second kappa shape index (κ2) is 4.11. The van der Waals surface area contributed by atoms with Gasteiger partial charge in [-0.1, -0.05) is 17.7 Å². The number of hydrogen-bond acceptors (Lipinski definition) is 3. The molecule has 0 spiro atoms. The van der Waals surface area contributed by atoms with Gasteiger partial charge in [-0.2, -0.15) is 0 Å². The van der Waals surface area contributed by atoms with Gasteiger partial charge in [0.25, 0.3) is 0 Å². The van der Waals surface area contributed by atoms with Crippen molar-refractivity contribution in [3.63, 3.8) is 0 Å². The molecular formula is C8H10N2OS. The highest BCUT2D eigenvalue weighted by Crippen LogP contribution is 2.20. The summed E-state index contributed by atoms with van der Waals surface area (Å²) in [5.41, 5.74) is 1.21. The summed E-state index contributed by atoms with van der Waals surface area (Å²) in [5, 5.41) is 2.75. The molecule has 0 unspecified atom stereocenters. The molecule has 0 bridgehead atoms. The number of aryl methyl sites for hydroxylation is 1. The van der Waals surface area contributed by atoms with E-state index in [0.717, 1.165) is 4.90 Å². The molecule has 0 aliphatic rings. The average Bonchev–Trinajstić information content (AvgIpc) is 2.09. The van der Waals surface area contributed by atoms with E-state index < -0.39 is 0 Å². The summed E-state index contributed by atoms with van der Waals surface area (Å²) in [7, 11) is 1.62. The highest BCUT2D eigenvalue weighted by atomic mass is 32.2. The predicted octanol–water partition coefficient (Wildman–Crippen LogP) is 2.62. The third kappa shape index (κ3) is 2.54. The molecule has 4 heteroatoms. The van der Waals surface area contributed by atoms with Crippen LogP contribution < -0.4 is 0 Å². The summed E-state index contributed by atoms with van der Waals surface area (Å²) in [6, 6.07) is 7.92. The summed E-state index contributed by atoms with van der Waals surface area (Å²) < 4.78 is 1.28. The van der Waals surface area contributed by atoms with Crippen LogP contribution in [0.2, 0.25) is 0 Å². The molecular weight excluding hydrogens is 172 g/mol. The molecule has 12 heavy (non-hydrogen) atoms. The van der Waals surface area contributed by atoms with Gasteiger partial charge in [-0.15, -0.1) is 4.91 Å². The van der Waals surface area contributed by atoms with E-state index in [-0.39, 0.29) is 0 Å². The molecule has 64 valence electrons. The molecule has 0 aromatic heterocycles. The number of hydrogen-bond donors (Lipinski definition) is 0. The second-order valence-corrected chi connectivity index (χ2v) is 3.63. The van der Waals surface area contributed by atoms with Crippen LogP contribution in [0.4, 0.5) is 0 Å². The topological polar surface area (TPSA) is 32.7 Å². The van der Waals surface area contributed by atoms with Crippen LogP contribution in [0.3, 0.4) is 0 Å². The molecule has 0 radical (unpaired) electrons. The first-order valence-electron chi connectivity index (χ1n) is 3.54. The summed E-state index contributed by atoms with van der Waals surface area (Å²) >= 11 is 1.31. The van der Waals surface area contributed by atoms with Gasteiger partial charge in [-0.25, -0.2) is 4.41 Å². The van der Waals surface area contributed by atoms with Crippen molar-refractivity contribution in [3.8, 4) is 0 Å². The molecule has 0 aliphatic heterocycles. The van der Waals surface area contributed by atoms with Crippen molar-refractivity contribution in [2.24, 2.45) is 5.29 Å². The Labute approximate surface area is 75.8 Å². The fourth-order valence-corrected chi connectivity index (χ4v) is 1.36. The van der Waals surface area contributed by atoms with Crippen molar-refractivity contribution in [2.45, 2.75) is 11.8 Å². The molecule has 0 saturated carbocycles. The zero-order chi connectivity index (χ0) is 8.97. The summed E-state index contributed by atoms with van der Waals surface area (Å²) in [5.74, 6) is 0. The molecule has 0 heterocycles. The summed E-state index contributed by atoms with van der Waals surface area (Å²) in [4.78, 5) is 11.0. The van der Waals surface area contributed by atoms with E-state index in [1.807, 2.05) is 31.2 Å². The van der Waals surface area contributed by atoms with Crippen molar-refractivity contribution in [1.82, 2.24) is 4.41 Å². The van der Waals surface area contributed by atoms with Crippen LogP contribution in [-0.4, -0.2) is 11.5 Å². The van der Waals surface area contributed by atoms with E-state index >= 15 is 0 Å². The van der Waals surface area contributed by atoms with Crippen LogP contribution in [0, 0.1) is 11.8 Å². The van der Waals surface area contributed by atoms with Crippen LogP contribution in [0.1, 0.15) is 5.56 Å². The highest BCUT2D eigenvalue weighted by Gasteiger charge is 1.97. The summed E-state index contributed by atoms with van der Waals surface area (Å²) in [6.07, 6.45) is 0. The third-order valence-electron chi connectivity index (χ3n) is 1.37. The van der Waals surface area contributed by atoms with Gasteiger partial charge in [-0.05, 0) is 19.1 Å². The lowest BCUT2D eigenvalue weighted by molar-refractivity contribution is 0.606. The van der Waals surface area contributed by atoms with Gasteiger partial charge < -0.3 is 0 Å². The number of rotatable bonds is 3. The van der Waals surface area contributed by atoms with Gasteiger partial charge in [0.2, 0.25) is 0 Å². The highest BCUT2D eigenvalue weighted by molar-refractivity contribution is 7.97. The lowest BCUT2D eigenvalue weighted by Crippen LogP contribution is -1.96. The van der Waals surface area contributed by atoms with Gasteiger partial charge in [0.05, 0.1) is 5.29 Å². The molecule has 0 fully saturated rings. The minimum Gasteiger partial charge on any atom is -0.201 e. The predicted molar refractivity (Wildman–Crippen MR) is 50.6 cm³/mol. The van der Waals surface area contributed by atoms with E-state index in [9.17, 15) is 4.91 Å². The Bertz CT molecular complexity index is 260. The Morgan fingerprint density at radius 3 is 2.42 bits per heavy atom. The maximum absolute atomic E-state index is 10.0. The van der Waals surface area contributed by atoms with Crippen molar-refractivity contribution < 1.29 is 0 Å². The minimum absolute atomic E-state index is 1.02. The normalized spacial score (nSPS) is 9.50. The number of benzene rings is 1. The Balaban J connectivity index is 2.64. The summed E-state index contributed by atoms with van der Waals surface area (Å²) in [6.45, 7) is 2.02. The Hall–Kier alpha value is -1.03. The van der Waals surface area contributed by atoms with Crippen molar-refractivity contribution in [2.75, 3.05) is 7.05 Å². The molecule has 0 amide bonds. The molecule has 3 nitrogen and oxygen atoms in total. The molecule has 0 atom stereocenters. The van der Waals surface area contributed by atoms with Gasteiger partial charge in [0, 0.05) is 23.9 Å². The number of nitrogens with zero attached hydrogens (tertiary/aromatic N) is 2. The maximum Gasteiger partial charge on any atom is 0.0635 e. The Kier molecular flexibility index (Phi) is 3.10. The number of nitroso groups, excluding NO2 is 1. The van der Waals surface area contributed by atoms with E-state index in [4.69, 9.17) is 0 Å². The fourth-order valence-electron chi connectivity index (χ4n) is 0.768. The van der Waals surface area contributed by atoms with Gasteiger partial charge in [0.1, 0.15) is 0 Å². The van der Waals surface area contributed by atoms with Crippen molar-refractivity contribution in [3.05, 3.63) is 34.7 Å². The Morgan fingerprint density at radius 2 is 1.92 bits per heavy atom. The molecule has 1 aromatic rings. The van der Waals surface area contributed by atoms with E-state index in [1.165, 1.54) is 21.9 Å². The third-order valence-corrected chi connectivity index (χ3v) is 2.19. The standard InChI is InChI=1S/C8H10N2OS/c1-7-3-5-8(6-4-7)12-10(2)9-11/h3-6H,1-2H3. The molecule has 0 saturated heterocycles. The monoisotopic (exact) mass is 182 g/mol. The van der Waals surface area contributed by atoms with E-state index in [1.54, 1.807) is 7.05 Å². The zero-order valence-electron chi connectivity index (χ0n) is 7.02. The average molecular weight is 182 g/mol. The van der Waals surface area contributed by atoms with E-state index in [0.29, 0.717) is 0 Å². The maximum atomic E-state index is 10.0. The first-order valence-corrected chi connectivity index (χ1v) is 4.31. The molecule has 1 aromatic carbocycles. The van der Waals surface area contributed by atoms with Gasteiger partial charge in [-0.3, -0.25) is 0 Å². The minimum atomic E-state index is 1.02. The van der Waals surface area contributed by atoms with Crippen LogP contribution in [-0.2, 0) is 0 Å². The fraction of sp³-hybridized carbons (Fsp3) is 0.250. The van der Waals surface area contributed by atoms with Gasteiger partial charge in [0.15, 0.2) is 0 Å². The second-order valence-electron chi connectivity index (χ2n) is 2.45. The van der Waals surface area contributed by atoms with Crippen LogP contribution >= 0.6 is 11.9 Å². The lowest BCUT2D eigenvalue weighted by Gasteiger charge is -2.06. The lowest BCUT2D eigenvalue weighted by atomic mass is 10.2. The molecule has 0 N–H and O–H groups in total. The smallest absolute Gasteiger partial charge is 0.0635 e. The molecule has 1 rings (SSSR count). The quantitative estimate of drug-likeness (QED) is 0.409. The first-order chi connectivity index (χ1) is 5.72. The van der Waals surface area contributed by atoms with E-state index in [2.05, 4.69) is 5.29 Å². The van der Waals surface area contributed by atoms with Crippen molar-refractivity contribution in [1.29, 1.82) is 0 Å². The Morgan fingerprint density at radius 1 is 1.33 bits per heavy atom. The van der Waals surface area contributed by atoms with Crippen LogP contribution in [0.15, 0.2) is 34.4 Å². The first kappa shape index (κ1) is 9.06. The zero-order valence-corrected chi connectivity index (χ0v) is 7.84. The largest absolute Gasteiger partial charge is 0.201 e. The molecule has 0 aliphatic carbocycles. The van der Waals surface area contributed by atoms with Gasteiger partial charge >= 0.3 is 0 Å². The SMILES string of the molecule is Cc1ccc(SN(C)N=O)cc1. The van der Waals surface area contributed by atoms with Crippen LogP contribution in [0.5, 0.6) is 0 Å². The van der Waals surface area contributed by atoms with Crippen LogP contribution in [0.25, 0.3) is 0 Å².